The van der Waals surface area contributed by atoms with E-state index in [9.17, 15) is 12.8 Å². The molecule has 136 valence electrons. The zero-order valence-corrected chi connectivity index (χ0v) is 15.3. The van der Waals surface area contributed by atoms with E-state index in [-0.39, 0.29) is 9.92 Å². The number of sulfone groups is 1. The summed E-state index contributed by atoms with van der Waals surface area (Å²) in [6, 6.07) is 14.8. The molecule has 0 fully saturated rings. The Labute approximate surface area is 158 Å². The molecule has 0 saturated carbocycles. The van der Waals surface area contributed by atoms with Gasteiger partial charge < -0.3 is 4.84 Å². The van der Waals surface area contributed by atoms with Gasteiger partial charge in [-0.1, -0.05) is 23.5 Å². The smallest absolute Gasteiger partial charge is 0.295 e. The molecule has 0 radical (unpaired) electrons. The predicted molar refractivity (Wildman–Crippen MR) is 99.5 cm³/mol. The Morgan fingerprint density at radius 2 is 1.78 bits per heavy atom. The Bertz CT molecular complexity index is 1240. The van der Waals surface area contributed by atoms with Crippen LogP contribution in [0.15, 0.2) is 70.6 Å². The van der Waals surface area contributed by atoms with Crippen LogP contribution in [-0.4, -0.2) is 18.4 Å². The van der Waals surface area contributed by atoms with Gasteiger partial charge in [0.05, 0.1) is 20.8 Å². The lowest BCUT2D eigenvalue weighted by atomic mass is 10.1. The van der Waals surface area contributed by atoms with Gasteiger partial charge in [0.2, 0.25) is 9.84 Å². The molecule has 0 amide bonds. The molecule has 2 N–H and O–H groups in total. The minimum absolute atomic E-state index is 0.0174. The van der Waals surface area contributed by atoms with Crippen molar-refractivity contribution in [3.05, 3.63) is 66.5 Å². The van der Waals surface area contributed by atoms with Crippen molar-refractivity contribution in [3.63, 3.8) is 0 Å². The molecule has 0 bridgehead atoms. The van der Waals surface area contributed by atoms with Gasteiger partial charge in [-0.05, 0) is 48.5 Å². The number of fused-ring (bicyclic) bond motifs is 1. The second-order valence-corrected chi connectivity index (χ2v) is 8.49. The van der Waals surface area contributed by atoms with Crippen LogP contribution in [0.25, 0.3) is 21.5 Å². The quantitative estimate of drug-likeness (QED) is 0.415. The van der Waals surface area contributed by atoms with Crippen molar-refractivity contribution in [2.45, 2.75) is 9.92 Å². The third-order valence-corrected chi connectivity index (χ3v) is 6.47. The zero-order chi connectivity index (χ0) is 19.0. The average molecular weight is 401 g/mol. The van der Waals surface area contributed by atoms with Crippen molar-refractivity contribution in [3.8, 4) is 16.5 Å². The highest BCUT2D eigenvalue weighted by Gasteiger charge is 2.20. The molecule has 0 aliphatic heterocycles. The van der Waals surface area contributed by atoms with Gasteiger partial charge in [-0.2, -0.15) is 5.90 Å². The number of benzene rings is 2. The maximum absolute atomic E-state index is 13.1. The van der Waals surface area contributed by atoms with Gasteiger partial charge in [-0.25, -0.2) is 22.8 Å². The highest BCUT2D eigenvalue weighted by atomic mass is 32.2. The number of aromatic nitrogens is 2. The van der Waals surface area contributed by atoms with Gasteiger partial charge in [-0.15, -0.1) is 0 Å². The fourth-order valence-corrected chi connectivity index (χ4v) is 4.57. The van der Waals surface area contributed by atoms with E-state index in [1.807, 2.05) is 6.07 Å². The van der Waals surface area contributed by atoms with E-state index in [2.05, 4.69) is 14.8 Å². The summed E-state index contributed by atoms with van der Waals surface area (Å²) >= 11 is 1.27. The van der Waals surface area contributed by atoms with Crippen LogP contribution in [0.5, 0.6) is 5.19 Å². The highest BCUT2D eigenvalue weighted by Crippen LogP contribution is 2.31. The molecule has 0 aliphatic rings. The van der Waals surface area contributed by atoms with Crippen molar-refractivity contribution in [1.82, 2.24) is 9.97 Å². The molecule has 0 spiro atoms. The van der Waals surface area contributed by atoms with Crippen LogP contribution in [0.3, 0.4) is 0 Å². The molecule has 27 heavy (non-hydrogen) atoms. The Kier molecular flexibility index (Phi) is 4.34. The van der Waals surface area contributed by atoms with Crippen LogP contribution >= 0.6 is 11.3 Å². The summed E-state index contributed by atoms with van der Waals surface area (Å²) in [6.45, 7) is 0. The minimum atomic E-state index is -3.85. The summed E-state index contributed by atoms with van der Waals surface area (Å²) in [4.78, 5) is 13.1. The molecule has 4 rings (SSSR count). The van der Waals surface area contributed by atoms with Gasteiger partial charge in [0.25, 0.3) is 5.19 Å². The van der Waals surface area contributed by atoms with Crippen molar-refractivity contribution < 1.29 is 17.6 Å². The third kappa shape index (κ3) is 3.27. The second kappa shape index (κ2) is 6.69. The Morgan fingerprint density at radius 1 is 1.00 bits per heavy atom. The molecule has 2 aromatic carbocycles. The largest absolute Gasteiger partial charge is 0.380 e. The SMILES string of the molecule is NOc1nc2ccc(-c3cccc(S(=O)(=O)c4ccc(F)cc4)n3)cc2s1. The van der Waals surface area contributed by atoms with Crippen LogP contribution < -0.4 is 10.7 Å². The number of pyridine rings is 1. The molecule has 0 saturated heterocycles. The summed E-state index contributed by atoms with van der Waals surface area (Å²) < 4.78 is 39.4. The van der Waals surface area contributed by atoms with Crippen molar-refractivity contribution >= 4 is 31.4 Å². The fraction of sp³-hybridized carbons (Fsp3) is 0. The van der Waals surface area contributed by atoms with Gasteiger partial charge in [0.1, 0.15) is 5.82 Å². The molecule has 6 nitrogen and oxygen atoms in total. The van der Waals surface area contributed by atoms with E-state index in [0.717, 1.165) is 27.9 Å². The van der Waals surface area contributed by atoms with E-state index in [0.29, 0.717) is 10.9 Å². The lowest BCUT2D eigenvalue weighted by Gasteiger charge is -2.06. The zero-order valence-electron chi connectivity index (χ0n) is 13.7. The first-order valence-electron chi connectivity index (χ1n) is 7.73. The molecule has 0 aliphatic carbocycles. The number of hydrogen-bond donors (Lipinski definition) is 1. The Morgan fingerprint density at radius 3 is 2.52 bits per heavy atom. The van der Waals surface area contributed by atoms with Crippen LogP contribution in [-0.2, 0) is 9.84 Å². The van der Waals surface area contributed by atoms with E-state index >= 15 is 0 Å². The van der Waals surface area contributed by atoms with E-state index in [4.69, 9.17) is 5.90 Å². The molecule has 4 aromatic rings. The lowest BCUT2D eigenvalue weighted by molar-refractivity contribution is 0.333. The van der Waals surface area contributed by atoms with Gasteiger partial charge in [-0.3, -0.25) is 0 Å². The molecular weight excluding hydrogens is 389 g/mol. The van der Waals surface area contributed by atoms with Gasteiger partial charge in [0.15, 0.2) is 5.03 Å². The van der Waals surface area contributed by atoms with Crippen LogP contribution in [0.4, 0.5) is 4.39 Å². The van der Waals surface area contributed by atoms with Gasteiger partial charge in [0, 0.05) is 5.56 Å². The molecule has 0 atom stereocenters. The van der Waals surface area contributed by atoms with Crippen LogP contribution in [0.2, 0.25) is 0 Å². The monoisotopic (exact) mass is 401 g/mol. The number of hydrogen-bond acceptors (Lipinski definition) is 7. The maximum atomic E-state index is 13.1. The number of rotatable bonds is 4. The summed E-state index contributed by atoms with van der Waals surface area (Å²) in [6.07, 6.45) is 0. The molecule has 2 aromatic heterocycles. The first kappa shape index (κ1) is 17.5. The fourth-order valence-electron chi connectivity index (χ4n) is 2.57. The maximum Gasteiger partial charge on any atom is 0.295 e. The summed E-state index contributed by atoms with van der Waals surface area (Å²) in [7, 11) is -3.85. The third-order valence-electron chi connectivity index (χ3n) is 3.89. The number of nitrogens with zero attached hydrogens (tertiary/aromatic N) is 2. The average Bonchev–Trinajstić information content (AvgIpc) is 3.11. The van der Waals surface area contributed by atoms with Crippen LogP contribution in [0, 0.1) is 5.82 Å². The first-order chi connectivity index (χ1) is 13.0. The van der Waals surface area contributed by atoms with E-state index in [1.165, 1.54) is 29.5 Å². The normalized spacial score (nSPS) is 11.6. The molecule has 9 heteroatoms. The summed E-state index contributed by atoms with van der Waals surface area (Å²) in [5.74, 6) is 4.64. The van der Waals surface area contributed by atoms with E-state index < -0.39 is 15.7 Å². The minimum Gasteiger partial charge on any atom is -0.380 e. The first-order valence-corrected chi connectivity index (χ1v) is 10.0. The number of halogens is 1. The van der Waals surface area contributed by atoms with Crippen molar-refractivity contribution in [2.24, 2.45) is 5.90 Å². The lowest BCUT2D eigenvalue weighted by Crippen LogP contribution is -2.05. The van der Waals surface area contributed by atoms with Crippen molar-refractivity contribution in [1.29, 1.82) is 0 Å². The highest BCUT2D eigenvalue weighted by molar-refractivity contribution is 7.91. The summed E-state index contributed by atoms with van der Waals surface area (Å²) in [5, 5.41) is 0.227. The molecule has 2 heterocycles. The van der Waals surface area contributed by atoms with E-state index in [1.54, 1.807) is 24.3 Å². The van der Waals surface area contributed by atoms with Crippen LogP contribution in [0.1, 0.15) is 0 Å². The Balaban J connectivity index is 1.77. The van der Waals surface area contributed by atoms with Crippen molar-refractivity contribution in [2.75, 3.05) is 0 Å². The Hall–Kier alpha value is -2.88. The number of nitrogens with two attached hydrogens (primary N) is 1. The predicted octanol–water partition coefficient (Wildman–Crippen LogP) is 3.58. The van der Waals surface area contributed by atoms with Gasteiger partial charge >= 0.3 is 0 Å². The standard InChI is InChI=1S/C18H12FN3O3S2/c19-12-5-7-13(8-6-12)27(23,24)17-3-1-2-14(21-17)11-4-9-15-16(10-11)26-18(22-15)25-20/h1-10H,20H2. The summed E-state index contributed by atoms with van der Waals surface area (Å²) in [5.41, 5.74) is 1.94. The molecule has 0 unspecified atom stereocenters. The molecular formula is C18H12FN3O3S2. The number of thiazole rings is 1. The second-order valence-electron chi connectivity index (χ2n) is 5.60. The topological polar surface area (TPSA) is 95.2 Å².